The number of nitrogens with zero attached hydrogens (tertiary/aromatic N) is 2. The second kappa shape index (κ2) is 11.9. The molecule has 2 atom stereocenters. The monoisotopic (exact) mass is 551 g/mol. The lowest BCUT2D eigenvalue weighted by Crippen LogP contribution is -2.45. The van der Waals surface area contributed by atoms with Crippen LogP contribution in [-0.2, 0) is 6.42 Å². The summed E-state index contributed by atoms with van der Waals surface area (Å²) >= 11 is 1.88. The van der Waals surface area contributed by atoms with Crippen LogP contribution in [0, 0.1) is 5.92 Å². The Morgan fingerprint density at radius 2 is 2.10 bits per heavy atom. The van der Waals surface area contributed by atoms with Crippen molar-refractivity contribution >= 4 is 52.2 Å². The van der Waals surface area contributed by atoms with Gasteiger partial charge in [0.05, 0.1) is 0 Å². The number of thiophene rings is 1. The smallest absolute Gasteiger partial charge is 0.190 e. The number of aliphatic imine (C=N–C) groups is 1. The Morgan fingerprint density at radius 1 is 1.23 bits per heavy atom. The quantitative estimate of drug-likeness (QED) is 0.167. The first kappa shape index (κ1) is 24.1. The van der Waals surface area contributed by atoms with Crippen LogP contribution in [0.4, 0.5) is 0 Å². The van der Waals surface area contributed by atoms with Gasteiger partial charge in [0, 0.05) is 48.2 Å². The fraction of sp³-hybridized carbons (Fsp3) is 0.458. The first-order valence-corrected chi connectivity index (χ1v) is 11.9. The van der Waals surface area contributed by atoms with Gasteiger partial charge in [-0.05, 0) is 68.3 Å². The van der Waals surface area contributed by atoms with Crippen molar-refractivity contribution in [2.24, 2.45) is 10.9 Å². The topological polar surface area (TPSA) is 55.5 Å². The second-order valence-electron chi connectivity index (χ2n) is 8.19. The lowest BCUT2D eigenvalue weighted by Gasteiger charge is -2.39. The third-order valence-electron chi connectivity index (χ3n) is 6.19. The Balaban J connectivity index is 0.00000272. The first-order valence-electron chi connectivity index (χ1n) is 11.0. The van der Waals surface area contributed by atoms with Gasteiger partial charge in [-0.1, -0.05) is 24.3 Å². The SMILES string of the molecule is CN=C(NCCCc1c[nH]c2ccccc12)NCC1CCCN(C)C1c1cccs1.I. The summed E-state index contributed by atoms with van der Waals surface area (Å²) in [7, 11) is 4.12. The molecule has 168 valence electrons. The van der Waals surface area contributed by atoms with E-state index in [1.54, 1.807) is 0 Å². The van der Waals surface area contributed by atoms with Crippen LogP contribution in [0.1, 0.15) is 35.7 Å². The van der Waals surface area contributed by atoms with Crippen LogP contribution in [0.5, 0.6) is 0 Å². The molecule has 1 fully saturated rings. The minimum Gasteiger partial charge on any atom is -0.361 e. The number of hydrogen-bond donors (Lipinski definition) is 3. The average molecular weight is 552 g/mol. The number of para-hydroxylation sites is 1. The first-order chi connectivity index (χ1) is 14.8. The second-order valence-corrected chi connectivity index (χ2v) is 9.17. The summed E-state index contributed by atoms with van der Waals surface area (Å²) in [6.45, 7) is 3.05. The highest BCUT2D eigenvalue weighted by Crippen LogP contribution is 2.36. The number of aromatic amines is 1. The zero-order valence-electron chi connectivity index (χ0n) is 18.4. The lowest BCUT2D eigenvalue weighted by atomic mass is 9.88. The molecule has 4 rings (SSSR count). The molecule has 3 N–H and O–H groups in total. The molecule has 3 aromatic rings. The van der Waals surface area contributed by atoms with Crippen LogP contribution >= 0.6 is 35.3 Å². The molecule has 0 spiro atoms. The maximum absolute atomic E-state index is 4.44. The van der Waals surface area contributed by atoms with Gasteiger partial charge < -0.3 is 15.6 Å². The number of nitrogens with one attached hydrogen (secondary N) is 3. The van der Waals surface area contributed by atoms with Crippen LogP contribution in [0.25, 0.3) is 10.9 Å². The number of hydrogen-bond acceptors (Lipinski definition) is 3. The van der Waals surface area contributed by atoms with Gasteiger partial charge in [0.2, 0.25) is 0 Å². The minimum atomic E-state index is 0. The molecule has 7 heteroatoms. The van der Waals surface area contributed by atoms with Gasteiger partial charge in [-0.3, -0.25) is 9.89 Å². The van der Waals surface area contributed by atoms with Crippen LogP contribution in [0.3, 0.4) is 0 Å². The third kappa shape index (κ3) is 6.02. The van der Waals surface area contributed by atoms with E-state index in [0.29, 0.717) is 12.0 Å². The summed E-state index contributed by atoms with van der Waals surface area (Å²) in [4.78, 5) is 11.8. The van der Waals surface area contributed by atoms with Gasteiger partial charge in [-0.25, -0.2) is 0 Å². The largest absolute Gasteiger partial charge is 0.361 e. The fourth-order valence-electron chi connectivity index (χ4n) is 4.65. The molecule has 31 heavy (non-hydrogen) atoms. The Kier molecular flexibility index (Phi) is 9.22. The van der Waals surface area contributed by atoms with E-state index in [0.717, 1.165) is 31.9 Å². The van der Waals surface area contributed by atoms with Crippen molar-refractivity contribution in [3.05, 3.63) is 58.4 Å². The third-order valence-corrected chi connectivity index (χ3v) is 7.13. The average Bonchev–Trinajstić information content (AvgIpc) is 3.43. The number of fused-ring (bicyclic) bond motifs is 1. The molecule has 1 aliphatic heterocycles. The lowest BCUT2D eigenvalue weighted by molar-refractivity contribution is 0.125. The summed E-state index contributed by atoms with van der Waals surface area (Å²) in [6.07, 6.45) is 6.80. The zero-order valence-corrected chi connectivity index (χ0v) is 21.6. The minimum absolute atomic E-state index is 0. The molecule has 2 aromatic heterocycles. The van der Waals surface area contributed by atoms with Gasteiger partial charge in [0.15, 0.2) is 5.96 Å². The highest BCUT2D eigenvalue weighted by atomic mass is 127. The van der Waals surface area contributed by atoms with Crippen LogP contribution in [0.15, 0.2) is 53.0 Å². The van der Waals surface area contributed by atoms with E-state index in [9.17, 15) is 0 Å². The molecular formula is C24H34IN5S. The summed E-state index contributed by atoms with van der Waals surface area (Å²) in [5, 5.41) is 10.6. The molecule has 0 bridgehead atoms. The molecule has 2 unspecified atom stereocenters. The molecular weight excluding hydrogens is 517 g/mol. The molecule has 0 radical (unpaired) electrons. The number of halogens is 1. The fourth-order valence-corrected chi connectivity index (χ4v) is 5.64. The maximum atomic E-state index is 4.44. The van der Waals surface area contributed by atoms with Gasteiger partial charge in [-0.2, -0.15) is 0 Å². The summed E-state index contributed by atoms with van der Waals surface area (Å²) in [5.74, 6) is 1.51. The van der Waals surface area contributed by atoms with Crippen molar-refractivity contribution in [1.82, 2.24) is 20.5 Å². The van der Waals surface area contributed by atoms with Crippen molar-refractivity contribution < 1.29 is 0 Å². The maximum Gasteiger partial charge on any atom is 0.190 e. The van der Waals surface area contributed by atoms with Crippen LogP contribution < -0.4 is 10.6 Å². The number of guanidine groups is 1. The molecule has 1 aliphatic rings. The highest BCUT2D eigenvalue weighted by molar-refractivity contribution is 14.0. The summed E-state index contributed by atoms with van der Waals surface area (Å²) in [5.41, 5.74) is 2.61. The van der Waals surface area contributed by atoms with Crippen molar-refractivity contribution in [2.75, 3.05) is 33.7 Å². The predicted molar refractivity (Wildman–Crippen MR) is 144 cm³/mol. The van der Waals surface area contributed by atoms with Gasteiger partial charge in [-0.15, -0.1) is 35.3 Å². The summed E-state index contributed by atoms with van der Waals surface area (Å²) < 4.78 is 0. The van der Waals surface area contributed by atoms with Crippen molar-refractivity contribution in [2.45, 2.75) is 31.7 Å². The molecule has 0 amide bonds. The Bertz CT molecular complexity index is 952. The van der Waals surface area contributed by atoms with E-state index in [1.807, 2.05) is 18.4 Å². The molecule has 0 aliphatic carbocycles. The number of aromatic nitrogens is 1. The van der Waals surface area contributed by atoms with Crippen molar-refractivity contribution in [3.63, 3.8) is 0 Å². The van der Waals surface area contributed by atoms with Gasteiger partial charge in [0.25, 0.3) is 0 Å². The Morgan fingerprint density at radius 3 is 2.90 bits per heavy atom. The molecule has 1 aromatic carbocycles. The highest BCUT2D eigenvalue weighted by Gasteiger charge is 2.31. The normalized spacial score (nSPS) is 19.9. The van der Waals surface area contributed by atoms with E-state index in [2.05, 4.69) is 80.5 Å². The predicted octanol–water partition coefficient (Wildman–Crippen LogP) is 5.03. The summed E-state index contributed by atoms with van der Waals surface area (Å²) in [6, 6.07) is 13.5. The molecule has 3 heterocycles. The van der Waals surface area contributed by atoms with Crippen LogP contribution in [0.2, 0.25) is 0 Å². The molecule has 1 saturated heterocycles. The number of piperidine rings is 1. The van der Waals surface area contributed by atoms with Crippen LogP contribution in [-0.4, -0.2) is 49.6 Å². The number of aryl methyl sites for hydroxylation is 1. The Labute approximate surface area is 206 Å². The molecule has 0 saturated carbocycles. The van der Waals surface area contributed by atoms with E-state index in [4.69, 9.17) is 0 Å². The Hall–Kier alpha value is -1.58. The number of rotatable bonds is 7. The number of H-pyrrole nitrogens is 1. The van der Waals surface area contributed by atoms with Gasteiger partial charge in [0.1, 0.15) is 0 Å². The standard InChI is InChI=1S/C24H33N5S.HI/c1-25-24(26-13-5-8-18-16-27-21-11-4-3-10-20(18)21)28-17-19-9-6-14-29(2)23(19)22-12-7-15-30-22;/h3-4,7,10-12,15-16,19,23,27H,5-6,8-9,13-14,17H2,1-2H3,(H2,25,26,28);1H. The van der Waals surface area contributed by atoms with Crippen molar-refractivity contribution in [1.29, 1.82) is 0 Å². The number of likely N-dealkylation sites (tertiary alicyclic amines) is 1. The van der Waals surface area contributed by atoms with E-state index >= 15 is 0 Å². The van der Waals surface area contributed by atoms with E-state index in [-0.39, 0.29) is 24.0 Å². The number of benzene rings is 1. The molecule has 5 nitrogen and oxygen atoms in total. The van der Waals surface area contributed by atoms with E-state index in [1.165, 1.54) is 40.7 Å². The zero-order chi connectivity index (χ0) is 20.8. The van der Waals surface area contributed by atoms with Gasteiger partial charge >= 0.3 is 0 Å². The van der Waals surface area contributed by atoms with Crippen molar-refractivity contribution in [3.8, 4) is 0 Å². The van der Waals surface area contributed by atoms with E-state index < -0.39 is 0 Å².